The van der Waals surface area contributed by atoms with Crippen molar-refractivity contribution in [2.45, 2.75) is 24.8 Å². The number of halogens is 1. The van der Waals surface area contributed by atoms with Crippen LogP contribution in [0.5, 0.6) is 0 Å². The Bertz CT molecular complexity index is 451. The Balaban J connectivity index is 2.27. The largest absolute Gasteiger partial charge is 0.332 e. The zero-order valence-corrected chi connectivity index (χ0v) is 10.2. The SMILES string of the molecule is CN1C(=O)c2c(Br)cccc2C12CCC2. The van der Waals surface area contributed by atoms with Crippen molar-refractivity contribution in [3.05, 3.63) is 33.8 Å². The van der Waals surface area contributed by atoms with Crippen molar-refractivity contribution in [3.63, 3.8) is 0 Å². The topological polar surface area (TPSA) is 20.3 Å². The number of hydrogen-bond donors (Lipinski definition) is 0. The highest BCUT2D eigenvalue weighted by Gasteiger charge is 2.51. The molecule has 1 fully saturated rings. The van der Waals surface area contributed by atoms with Gasteiger partial charge in [-0.25, -0.2) is 0 Å². The van der Waals surface area contributed by atoms with Gasteiger partial charge in [-0.05, 0) is 46.8 Å². The van der Waals surface area contributed by atoms with Gasteiger partial charge in [0.1, 0.15) is 0 Å². The molecular weight excluding hydrogens is 254 g/mol. The van der Waals surface area contributed by atoms with E-state index in [0.29, 0.717) is 0 Å². The van der Waals surface area contributed by atoms with E-state index in [-0.39, 0.29) is 11.4 Å². The van der Waals surface area contributed by atoms with Crippen molar-refractivity contribution in [1.82, 2.24) is 4.90 Å². The molecule has 1 saturated carbocycles. The summed E-state index contributed by atoms with van der Waals surface area (Å²) in [6.45, 7) is 0. The van der Waals surface area contributed by atoms with Crippen LogP contribution < -0.4 is 0 Å². The van der Waals surface area contributed by atoms with Crippen LogP contribution in [-0.4, -0.2) is 17.9 Å². The molecule has 1 aromatic rings. The molecule has 0 radical (unpaired) electrons. The lowest BCUT2D eigenvalue weighted by atomic mass is 9.72. The Kier molecular flexibility index (Phi) is 1.78. The maximum absolute atomic E-state index is 12.1. The van der Waals surface area contributed by atoms with Crippen LogP contribution in [-0.2, 0) is 5.54 Å². The van der Waals surface area contributed by atoms with E-state index < -0.39 is 0 Å². The molecule has 2 nitrogen and oxygen atoms in total. The van der Waals surface area contributed by atoms with Crippen molar-refractivity contribution in [3.8, 4) is 0 Å². The minimum Gasteiger partial charge on any atom is -0.332 e. The predicted molar refractivity (Wildman–Crippen MR) is 61.8 cm³/mol. The van der Waals surface area contributed by atoms with Crippen LogP contribution in [0, 0.1) is 0 Å². The molecule has 1 aliphatic carbocycles. The lowest BCUT2D eigenvalue weighted by Crippen LogP contribution is -2.46. The molecule has 0 N–H and O–H groups in total. The summed E-state index contributed by atoms with van der Waals surface area (Å²) in [7, 11) is 1.92. The third kappa shape index (κ3) is 0.969. The fourth-order valence-corrected chi connectivity index (χ4v) is 3.32. The van der Waals surface area contributed by atoms with Crippen LogP contribution in [0.25, 0.3) is 0 Å². The summed E-state index contributed by atoms with van der Waals surface area (Å²) in [4.78, 5) is 14.0. The molecule has 1 aromatic carbocycles. The molecule has 0 bridgehead atoms. The summed E-state index contributed by atoms with van der Waals surface area (Å²) in [5.41, 5.74) is 2.12. The zero-order chi connectivity index (χ0) is 10.6. The fourth-order valence-electron chi connectivity index (χ4n) is 2.79. The molecule has 2 aliphatic rings. The van der Waals surface area contributed by atoms with E-state index >= 15 is 0 Å². The molecule has 0 saturated heterocycles. The summed E-state index contributed by atoms with van der Waals surface area (Å²) < 4.78 is 0.931. The second kappa shape index (κ2) is 2.85. The minimum atomic E-state index is 0.0240. The van der Waals surface area contributed by atoms with E-state index in [1.165, 1.54) is 12.0 Å². The molecule has 3 rings (SSSR count). The zero-order valence-electron chi connectivity index (χ0n) is 8.59. The van der Waals surface area contributed by atoms with Gasteiger partial charge in [-0.3, -0.25) is 4.79 Å². The molecule has 1 spiro atoms. The maximum atomic E-state index is 12.1. The molecule has 15 heavy (non-hydrogen) atoms. The third-order valence-electron chi connectivity index (χ3n) is 3.86. The predicted octanol–water partition coefficient (Wildman–Crippen LogP) is 2.91. The summed E-state index contributed by atoms with van der Waals surface area (Å²) in [6.07, 6.45) is 3.45. The van der Waals surface area contributed by atoms with Gasteiger partial charge in [0.25, 0.3) is 5.91 Å². The van der Waals surface area contributed by atoms with E-state index in [1.54, 1.807) is 0 Å². The fraction of sp³-hybridized carbons (Fsp3) is 0.417. The van der Waals surface area contributed by atoms with Crippen LogP contribution in [0.4, 0.5) is 0 Å². The number of hydrogen-bond acceptors (Lipinski definition) is 1. The molecule has 1 heterocycles. The average Bonchev–Trinajstić information content (AvgIpc) is 2.37. The van der Waals surface area contributed by atoms with E-state index in [1.807, 2.05) is 24.1 Å². The lowest BCUT2D eigenvalue weighted by molar-refractivity contribution is 0.0378. The number of fused-ring (bicyclic) bond motifs is 2. The highest BCUT2D eigenvalue weighted by Crippen LogP contribution is 2.52. The van der Waals surface area contributed by atoms with Crippen LogP contribution in [0.1, 0.15) is 35.2 Å². The second-order valence-corrected chi connectivity index (χ2v) is 5.27. The molecule has 78 valence electrons. The maximum Gasteiger partial charge on any atom is 0.255 e. The van der Waals surface area contributed by atoms with Gasteiger partial charge in [-0.2, -0.15) is 0 Å². The molecular formula is C12H12BrNO. The quantitative estimate of drug-likeness (QED) is 0.707. The van der Waals surface area contributed by atoms with Crippen molar-refractivity contribution >= 4 is 21.8 Å². The van der Waals surface area contributed by atoms with Gasteiger partial charge in [-0.15, -0.1) is 0 Å². The second-order valence-electron chi connectivity index (χ2n) is 4.41. The van der Waals surface area contributed by atoms with Gasteiger partial charge in [0.05, 0.1) is 11.1 Å². The van der Waals surface area contributed by atoms with Gasteiger partial charge in [0, 0.05) is 11.5 Å². The Hall–Kier alpha value is -0.830. The first-order valence-electron chi connectivity index (χ1n) is 5.24. The summed E-state index contributed by atoms with van der Waals surface area (Å²) >= 11 is 3.47. The normalized spacial score (nSPS) is 21.7. The summed E-state index contributed by atoms with van der Waals surface area (Å²) in [6, 6.07) is 6.07. The number of carbonyl (C=O) groups is 1. The van der Waals surface area contributed by atoms with Gasteiger partial charge >= 0.3 is 0 Å². The summed E-state index contributed by atoms with van der Waals surface area (Å²) in [5.74, 6) is 0.164. The van der Waals surface area contributed by atoms with Crippen molar-refractivity contribution in [2.75, 3.05) is 7.05 Å². The Morgan fingerprint density at radius 2 is 2.13 bits per heavy atom. The molecule has 1 aliphatic heterocycles. The molecule has 3 heteroatoms. The smallest absolute Gasteiger partial charge is 0.255 e. The van der Waals surface area contributed by atoms with Gasteiger partial charge in [0.15, 0.2) is 0 Å². The van der Waals surface area contributed by atoms with E-state index in [0.717, 1.165) is 22.9 Å². The number of benzene rings is 1. The standard InChI is InChI=1S/C12H12BrNO/c1-14-11(15)10-8(4-2-5-9(10)13)12(14)6-3-7-12/h2,4-5H,3,6-7H2,1H3. The van der Waals surface area contributed by atoms with Crippen LogP contribution in [0.3, 0.4) is 0 Å². The van der Waals surface area contributed by atoms with Crippen molar-refractivity contribution in [1.29, 1.82) is 0 Å². The highest BCUT2D eigenvalue weighted by molar-refractivity contribution is 9.10. The monoisotopic (exact) mass is 265 g/mol. The Morgan fingerprint density at radius 3 is 2.73 bits per heavy atom. The van der Waals surface area contributed by atoms with Crippen LogP contribution in [0.15, 0.2) is 22.7 Å². The van der Waals surface area contributed by atoms with E-state index in [4.69, 9.17) is 0 Å². The first-order chi connectivity index (χ1) is 7.17. The lowest BCUT2D eigenvalue weighted by Gasteiger charge is -2.44. The van der Waals surface area contributed by atoms with Gasteiger partial charge in [-0.1, -0.05) is 12.1 Å². The molecule has 0 unspecified atom stereocenters. The van der Waals surface area contributed by atoms with Crippen molar-refractivity contribution in [2.24, 2.45) is 0 Å². The van der Waals surface area contributed by atoms with Gasteiger partial charge < -0.3 is 4.90 Å². The first-order valence-corrected chi connectivity index (χ1v) is 6.03. The molecule has 1 amide bonds. The summed E-state index contributed by atoms with van der Waals surface area (Å²) in [5, 5.41) is 0. The minimum absolute atomic E-state index is 0.0240. The number of amides is 1. The van der Waals surface area contributed by atoms with E-state index in [2.05, 4.69) is 22.0 Å². The Labute approximate surface area is 97.4 Å². The number of rotatable bonds is 0. The van der Waals surface area contributed by atoms with Gasteiger partial charge in [0.2, 0.25) is 0 Å². The average molecular weight is 266 g/mol. The molecule has 0 aromatic heterocycles. The highest BCUT2D eigenvalue weighted by atomic mass is 79.9. The third-order valence-corrected chi connectivity index (χ3v) is 4.52. The number of carbonyl (C=O) groups excluding carboxylic acids is 1. The van der Waals surface area contributed by atoms with Crippen molar-refractivity contribution < 1.29 is 4.79 Å². The van der Waals surface area contributed by atoms with E-state index in [9.17, 15) is 4.79 Å². The molecule has 0 atom stereocenters. The number of nitrogens with zero attached hydrogens (tertiary/aromatic N) is 1. The first kappa shape index (κ1) is 9.40. The van der Waals surface area contributed by atoms with Crippen LogP contribution >= 0.6 is 15.9 Å². The Morgan fingerprint density at radius 1 is 1.40 bits per heavy atom. The van der Waals surface area contributed by atoms with Crippen LogP contribution in [0.2, 0.25) is 0 Å².